The highest BCUT2D eigenvalue weighted by molar-refractivity contribution is 5.64. The van der Waals surface area contributed by atoms with Crippen LogP contribution in [0.5, 0.6) is 11.5 Å². The molecular weight excluding hydrogens is 384 g/mol. The van der Waals surface area contributed by atoms with E-state index in [-0.39, 0.29) is 0 Å². The molecule has 0 N–H and O–H groups in total. The van der Waals surface area contributed by atoms with Gasteiger partial charge >= 0.3 is 0 Å². The molecule has 0 saturated heterocycles. The zero-order valence-electron chi connectivity index (χ0n) is 16.6. The van der Waals surface area contributed by atoms with Crippen LogP contribution < -0.4 is 9.47 Å². The van der Waals surface area contributed by atoms with E-state index < -0.39 is 5.41 Å². The van der Waals surface area contributed by atoms with Crippen LogP contribution in [-0.4, -0.2) is 0 Å². The molecule has 4 rings (SSSR count). The summed E-state index contributed by atoms with van der Waals surface area (Å²) in [6.07, 6.45) is 3.52. The summed E-state index contributed by atoms with van der Waals surface area (Å²) < 4.78 is 10.6. The van der Waals surface area contributed by atoms with E-state index in [0.717, 1.165) is 16.7 Å². The molecular formula is C27H18N2O2. The minimum absolute atomic E-state index is 0.370. The number of benzene rings is 4. The third kappa shape index (κ3) is 3.59. The Bertz CT molecular complexity index is 1140. The molecule has 0 aliphatic rings. The van der Waals surface area contributed by atoms with E-state index in [1.807, 2.05) is 91.0 Å². The quantitative estimate of drug-likeness (QED) is 0.302. The van der Waals surface area contributed by atoms with Gasteiger partial charge in [-0.15, -0.1) is 10.5 Å². The molecule has 0 spiro atoms. The maximum absolute atomic E-state index is 9.34. The summed E-state index contributed by atoms with van der Waals surface area (Å²) in [6.45, 7) is 0. The van der Waals surface area contributed by atoms with Crippen molar-refractivity contribution >= 4 is 0 Å². The predicted molar refractivity (Wildman–Crippen MR) is 117 cm³/mol. The second-order valence-electron chi connectivity index (χ2n) is 6.89. The van der Waals surface area contributed by atoms with Gasteiger partial charge in [0.25, 0.3) is 12.5 Å². The lowest BCUT2D eigenvalue weighted by molar-refractivity contribution is 0.479. The fourth-order valence-corrected chi connectivity index (χ4v) is 4.09. The molecule has 0 atom stereocenters. The molecule has 0 radical (unpaired) electrons. The maximum Gasteiger partial charge on any atom is 0.292 e. The number of rotatable bonds is 6. The van der Waals surface area contributed by atoms with Crippen LogP contribution in [0.1, 0.15) is 22.3 Å². The molecule has 4 aromatic carbocycles. The first-order chi connectivity index (χ1) is 15.3. The van der Waals surface area contributed by atoms with Crippen LogP contribution in [0.4, 0.5) is 0 Å². The lowest BCUT2D eigenvalue weighted by Gasteiger charge is -2.37. The van der Waals surface area contributed by atoms with E-state index in [4.69, 9.17) is 14.7 Å². The van der Waals surface area contributed by atoms with E-state index in [0.29, 0.717) is 17.1 Å². The minimum Gasteiger partial charge on any atom is -0.388 e. The number of ether oxygens (including phenoxy) is 2. The highest BCUT2D eigenvalue weighted by Crippen LogP contribution is 2.49. The minimum atomic E-state index is -0.815. The van der Waals surface area contributed by atoms with E-state index in [1.165, 1.54) is 0 Å². The average molecular weight is 402 g/mol. The Labute approximate surface area is 181 Å². The molecule has 0 saturated carbocycles. The van der Waals surface area contributed by atoms with Crippen molar-refractivity contribution in [1.82, 2.24) is 0 Å². The third-order valence-corrected chi connectivity index (χ3v) is 5.29. The fraction of sp³-hybridized carbons (Fsp3) is 0.0370. The topological polar surface area (TPSA) is 66.0 Å². The Hall–Kier alpha value is -4.54. The van der Waals surface area contributed by atoms with Crippen LogP contribution >= 0.6 is 0 Å². The number of nitriles is 2. The summed E-state index contributed by atoms with van der Waals surface area (Å²) in [5.41, 5.74) is 2.86. The normalized spacial score (nSPS) is 10.5. The first kappa shape index (κ1) is 19.8. The van der Waals surface area contributed by atoms with Crippen molar-refractivity contribution in [2.75, 3.05) is 0 Å². The fourth-order valence-electron chi connectivity index (χ4n) is 4.09. The smallest absolute Gasteiger partial charge is 0.292 e. The van der Waals surface area contributed by atoms with Crippen LogP contribution in [0.3, 0.4) is 0 Å². The Kier molecular flexibility index (Phi) is 5.65. The second kappa shape index (κ2) is 8.86. The van der Waals surface area contributed by atoms with Gasteiger partial charge in [0.05, 0.1) is 5.41 Å². The van der Waals surface area contributed by atoms with E-state index in [1.54, 1.807) is 30.7 Å². The lowest BCUT2D eigenvalue weighted by atomic mass is 9.65. The molecule has 0 heterocycles. The molecule has 0 aromatic heterocycles. The van der Waals surface area contributed by atoms with Crippen LogP contribution in [0.25, 0.3) is 0 Å². The molecule has 148 valence electrons. The first-order valence-electron chi connectivity index (χ1n) is 9.73. The predicted octanol–water partition coefficient (Wildman–Crippen LogP) is 5.79. The van der Waals surface area contributed by atoms with Crippen molar-refractivity contribution in [1.29, 1.82) is 10.5 Å². The Balaban J connectivity index is 2.18. The van der Waals surface area contributed by atoms with Gasteiger partial charge in [-0.1, -0.05) is 91.0 Å². The van der Waals surface area contributed by atoms with E-state index in [2.05, 4.69) is 0 Å². The summed E-state index contributed by atoms with van der Waals surface area (Å²) in [4.78, 5) is 0. The summed E-state index contributed by atoms with van der Waals surface area (Å²) in [5, 5.41) is 18.4. The van der Waals surface area contributed by atoms with Gasteiger partial charge in [0.2, 0.25) is 0 Å². The average Bonchev–Trinajstić information content (AvgIpc) is 2.84. The Morgan fingerprint density at radius 1 is 0.548 bits per heavy atom. The molecule has 4 nitrogen and oxygen atoms in total. The van der Waals surface area contributed by atoms with Crippen LogP contribution in [0.2, 0.25) is 0 Å². The molecule has 4 aromatic rings. The molecule has 31 heavy (non-hydrogen) atoms. The first-order valence-corrected chi connectivity index (χ1v) is 9.73. The molecule has 0 unspecified atom stereocenters. The van der Waals surface area contributed by atoms with Crippen LogP contribution in [0, 0.1) is 23.0 Å². The molecule has 0 bridgehead atoms. The molecule has 0 aliphatic heterocycles. The van der Waals surface area contributed by atoms with Crippen molar-refractivity contribution in [2.24, 2.45) is 0 Å². The molecule has 4 heteroatoms. The second-order valence-corrected chi connectivity index (χ2v) is 6.89. The van der Waals surface area contributed by atoms with Crippen LogP contribution in [-0.2, 0) is 5.41 Å². The number of nitrogens with zero attached hydrogens (tertiary/aromatic N) is 2. The van der Waals surface area contributed by atoms with Gasteiger partial charge in [0, 0.05) is 5.56 Å². The maximum atomic E-state index is 9.34. The van der Waals surface area contributed by atoms with Gasteiger partial charge in [0.15, 0.2) is 0 Å². The summed E-state index contributed by atoms with van der Waals surface area (Å²) in [7, 11) is 0. The Morgan fingerprint density at radius 2 is 1.00 bits per heavy atom. The lowest BCUT2D eigenvalue weighted by Crippen LogP contribution is -2.31. The zero-order chi connectivity index (χ0) is 21.5. The monoisotopic (exact) mass is 402 g/mol. The van der Waals surface area contributed by atoms with Crippen molar-refractivity contribution < 1.29 is 9.47 Å². The van der Waals surface area contributed by atoms with Crippen molar-refractivity contribution in [3.05, 3.63) is 131 Å². The van der Waals surface area contributed by atoms with Crippen LogP contribution in [0.15, 0.2) is 109 Å². The molecule has 0 aliphatic carbocycles. The van der Waals surface area contributed by atoms with E-state index in [9.17, 15) is 5.26 Å². The van der Waals surface area contributed by atoms with Gasteiger partial charge in [-0.25, -0.2) is 0 Å². The molecule has 0 amide bonds. The number of hydrogen-bond acceptors (Lipinski definition) is 4. The van der Waals surface area contributed by atoms with Crippen molar-refractivity contribution in [3.63, 3.8) is 0 Å². The third-order valence-electron chi connectivity index (χ3n) is 5.29. The number of hydrogen-bond donors (Lipinski definition) is 0. The largest absolute Gasteiger partial charge is 0.388 e. The highest BCUT2D eigenvalue weighted by Gasteiger charge is 2.41. The highest BCUT2D eigenvalue weighted by atomic mass is 16.5. The summed E-state index contributed by atoms with van der Waals surface area (Å²) in [5.74, 6) is 0.763. The van der Waals surface area contributed by atoms with Gasteiger partial charge in [-0.05, 0) is 34.9 Å². The van der Waals surface area contributed by atoms with Gasteiger partial charge in [-0.2, -0.15) is 0 Å². The SMILES string of the molecule is N#COc1ccc(OC#N)c(C(c2ccccc2)(c2ccccc2)c2ccccc2)c1. The van der Waals surface area contributed by atoms with Gasteiger partial charge in [0.1, 0.15) is 11.5 Å². The summed E-state index contributed by atoms with van der Waals surface area (Å²) in [6, 6.07) is 35.1. The van der Waals surface area contributed by atoms with E-state index >= 15 is 0 Å². The van der Waals surface area contributed by atoms with Crippen molar-refractivity contribution in [3.8, 4) is 24.0 Å². The standard InChI is InChI=1S/C27H18N2O2/c28-19-30-24-16-17-26(31-20-29)25(18-24)27(21-10-4-1-5-11-21,22-12-6-2-7-13-22)23-14-8-3-9-15-23/h1-18H. The van der Waals surface area contributed by atoms with Gasteiger partial charge in [-0.3, -0.25) is 0 Å². The molecule has 0 fully saturated rings. The van der Waals surface area contributed by atoms with Gasteiger partial charge < -0.3 is 9.47 Å². The zero-order valence-corrected chi connectivity index (χ0v) is 16.6. The Morgan fingerprint density at radius 3 is 1.42 bits per heavy atom. The van der Waals surface area contributed by atoms with Crippen molar-refractivity contribution in [2.45, 2.75) is 5.41 Å². The summed E-state index contributed by atoms with van der Waals surface area (Å²) >= 11 is 0.